The predicted molar refractivity (Wildman–Crippen MR) is 95.2 cm³/mol. The number of thiophene rings is 1. The molecule has 0 amide bonds. The SMILES string of the molecule is CCCNC(Cc1ccc2c(c1)CCC2)c1cc(Br)cs1. The van der Waals surface area contributed by atoms with Gasteiger partial charge in [0.15, 0.2) is 0 Å². The van der Waals surface area contributed by atoms with E-state index in [1.165, 1.54) is 40.6 Å². The maximum absolute atomic E-state index is 3.70. The Morgan fingerprint density at radius 3 is 2.86 bits per heavy atom. The minimum atomic E-state index is 0.431. The summed E-state index contributed by atoms with van der Waals surface area (Å²) in [5, 5.41) is 5.88. The van der Waals surface area contributed by atoms with Gasteiger partial charge in [-0.15, -0.1) is 11.3 Å². The van der Waals surface area contributed by atoms with E-state index in [4.69, 9.17) is 0 Å². The van der Waals surface area contributed by atoms with E-state index in [9.17, 15) is 0 Å². The topological polar surface area (TPSA) is 12.0 Å². The molecule has 1 aromatic heterocycles. The van der Waals surface area contributed by atoms with Crippen molar-refractivity contribution in [1.82, 2.24) is 5.32 Å². The third-order valence-corrected chi connectivity index (χ3v) is 5.98. The van der Waals surface area contributed by atoms with Crippen LogP contribution in [-0.4, -0.2) is 6.54 Å². The van der Waals surface area contributed by atoms with Gasteiger partial charge in [-0.05, 0) is 77.3 Å². The van der Waals surface area contributed by atoms with Crippen LogP contribution in [-0.2, 0) is 19.3 Å². The Morgan fingerprint density at radius 2 is 2.10 bits per heavy atom. The van der Waals surface area contributed by atoms with Crippen LogP contribution in [0.15, 0.2) is 34.1 Å². The average molecular weight is 364 g/mol. The summed E-state index contributed by atoms with van der Waals surface area (Å²) in [4.78, 5) is 1.43. The summed E-state index contributed by atoms with van der Waals surface area (Å²) >= 11 is 5.42. The third-order valence-electron chi connectivity index (χ3n) is 4.17. The highest BCUT2D eigenvalue weighted by molar-refractivity contribution is 9.10. The number of nitrogens with one attached hydrogen (secondary N) is 1. The van der Waals surface area contributed by atoms with E-state index >= 15 is 0 Å². The van der Waals surface area contributed by atoms with Crippen LogP contribution < -0.4 is 5.32 Å². The van der Waals surface area contributed by atoms with Gasteiger partial charge in [-0.25, -0.2) is 0 Å². The molecule has 3 rings (SSSR count). The second-order valence-corrected chi connectivity index (χ2v) is 7.69. The van der Waals surface area contributed by atoms with Gasteiger partial charge in [0.05, 0.1) is 0 Å². The number of benzene rings is 1. The number of aryl methyl sites for hydroxylation is 2. The molecule has 1 nitrogen and oxygen atoms in total. The molecular weight excluding hydrogens is 342 g/mol. The van der Waals surface area contributed by atoms with Gasteiger partial charge in [0.1, 0.15) is 0 Å². The van der Waals surface area contributed by atoms with Crippen molar-refractivity contribution in [3.05, 3.63) is 55.7 Å². The molecule has 0 saturated carbocycles. The van der Waals surface area contributed by atoms with E-state index in [0.717, 1.165) is 13.0 Å². The van der Waals surface area contributed by atoms with Crippen molar-refractivity contribution >= 4 is 27.3 Å². The van der Waals surface area contributed by atoms with Crippen molar-refractivity contribution in [3.63, 3.8) is 0 Å². The van der Waals surface area contributed by atoms with Gasteiger partial charge in [-0.1, -0.05) is 25.1 Å². The Morgan fingerprint density at radius 1 is 1.24 bits per heavy atom. The van der Waals surface area contributed by atoms with Crippen LogP contribution in [0.3, 0.4) is 0 Å². The zero-order valence-electron chi connectivity index (χ0n) is 12.5. The normalized spacial score (nSPS) is 15.1. The lowest BCUT2D eigenvalue weighted by Gasteiger charge is -2.18. The summed E-state index contributed by atoms with van der Waals surface area (Å²) in [6.07, 6.45) is 6.12. The van der Waals surface area contributed by atoms with Crippen molar-refractivity contribution in [1.29, 1.82) is 0 Å². The van der Waals surface area contributed by atoms with E-state index in [2.05, 4.69) is 57.8 Å². The van der Waals surface area contributed by atoms with Crippen molar-refractivity contribution in [2.24, 2.45) is 0 Å². The van der Waals surface area contributed by atoms with Crippen LogP contribution >= 0.6 is 27.3 Å². The Bertz CT molecular complexity index is 605. The van der Waals surface area contributed by atoms with Gasteiger partial charge >= 0.3 is 0 Å². The molecule has 0 radical (unpaired) electrons. The summed E-state index contributed by atoms with van der Waals surface area (Å²) in [5.74, 6) is 0. The number of fused-ring (bicyclic) bond motifs is 1. The number of rotatable bonds is 6. The van der Waals surface area contributed by atoms with Gasteiger partial charge in [-0.3, -0.25) is 0 Å². The Kier molecular flexibility index (Phi) is 5.15. The average Bonchev–Trinajstić information content (AvgIpc) is 3.11. The molecule has 3 heteroatoms. The van der Waals surface area contributed by atoms with Crippen molar-refractivity contribution in [2.45, 2.75) is 45.1 Å². The van der Waals surface area contributed by atoms with Crippen LogP contribution in [0.4, 0.5) is 0 Å². The standard InChI is InChI=1S/C18H22BrNS/c1-2-8-20-17(18-11-16(19)12-21-18)10-13-6-7-14-4-3-5-15(14)9-13/h6-7,9,11-12,17,20H,2-5,8,10H2,1H3. The quantitative estimate of drug-likeness (QED) is 0.735. The zero-order valence-corrected chi connectivity index (χ0v) is 14.9. The first-order chi connectivity index (χ1) is 10.3. The van der Waals surface area contributed by atoms with E-state index in [1.54, 1.807) is 11.1 Å². The molecule has 0 saturated heterocycles. The van der Waals surface area contributed by atoms with Crippen LogP contribution in [0.25, 0.3) is 0 Å². The summed E-state index contributed by atoms with van der Waals surface area (Å²) in [6.45, 7) is 3.30. The molecule has 1 atom stereocenters. The summed E-state index contributed by atoms with van der Waals surface area (Å²) < 4.78 is 1.19. The van der Waals surface area contributed by atoms with Gasteiger partial charge in [0.25, 0.3) is 0 Å². The first-order valence-electron chi connectivity index (χ1n) is 7.84. The van der Waals surface area contributed by atoms with Crippen molar-refractivity contribution < 1.29 is 0 Å². The molecule has 112 valence electrons. The molecule has 0 spiro atoms. The number of hydrogen-bond donors (Lipinski definition) is 1. The van der Waals surface area contributed by atoms with Gasteiger partial charge in [0.2, 0.25) is 0 Å². The molecule has 1 aromatic carbocycles. The summed E-state index contributed by atoms with van der Waals surface area (Å²) in [6, 6.07) is 9.80. The summed E-state index contributed by atoms with van der Waals surface area (Å²) in [5.41, 5.74) is 4.61. The highest BCUT2D eigenvalue weighted by Gasteiger charge is 2.16. The molecule has 0 aliphatic heterocycles. The number of hydrogen-bond acceptors (Lipinski definition) is 2. The maximum Gasteiger partial charge on any atom is 0.0456 e. The Labute approximate surface area is 139 Å². The number of halogens is 1. The highest BCUT2D eigenvalue weighted by atomic mass is 79.9. The lowest BCUT2D eigenvalue weighted by molar-refractivity contribution is 0.536. The lowest BCUT2D eigenvalue weighted by atomic mass is 10.00. The van der Waals surface area contributed by atoms with Crippen LogP contribution in [0, 0.1) is 0 Å². The van der Waals surface area contributed by atoms with E-state index in [-0.39, 0.29) is 0 Å². The molecule has 1 aliphatic carbocycles. The molecule has 21 heavy (non-hydrogen) atoms. The molecular formula is C18H22BrNS. The molecule has 1 aliphatic rings. The largest absolute Gasteiger partial charge is 0.309 e. The summed E-state index contributed by atoms with van der Waals surface area (Å²) in [7, 11) is 0. The van der Waals surface area contributed by atoms with E-state index in [0.29, 0.717) is 6.04 Å². The van der Waals surface area contributed by atoms with Crippen molar-refractivity contribution in [3.8, 4) is 0 Å². The minimum absolute atomic E-state index is 0.431. The van der Waals surface area contributed by atoms with Gasteiger partial charge in [-0.2, -0.15) is 0 Å². The van der Waals surface area contributed by atoms with Crippen LogP contribution in [0.1, 0.15) is 47.4 Å². The van der Waals surface area contributed by atoms with Gasteiger partial charge < -0.3 is 5.32 Å². The van der Waals surface area contributed by atoms with E-state index in [1.807, 2.05) is 11.3 Å². The van der Waals surface area contributed by atoms with Gasteiger partial charge in [0, 0.05) is 20.8 Å². The fourth-order valence-electron chi connectivity index (χ4n) is 3.09. The molecule has 1 unspecified atom stereocenters. The predicted octanol–water partition coefficient (Wildman–Crippen LogP) is 5.28. The fourth-order valence-corrected chi connectivity index (χ4v) is 4.61. The zero-order chi connectivity index (χ0) is 14.7. The Hall–Kier alpha value is -0.640. The molecule has 2 aromatic rings. The second kappa shape index (κ2) is 7.08. The lowest BCUT2D eigenvalue weighted by Crippen LogP contribution is -2.23. The highest BCUT2D eigenvalue weighted by Crippen LogP contribution is 2.29. The molecule has 1 heterocycles. The second-order valence-electron chi connectivity index (χ2n) is 5.83. The van der Waals surface area contributed by atoms with E-state index < -0.39 is 0 Å². The molecule has 0 fully saturated rings. The first kappa shape index (κ1) is 15.3. The van der Waals surface area contributed by atoms with Crippen LogP contribution in [0.2, 0.25) is 0 Å². The van der Waals surface area contributed by atoms with Crippen molar-refractivity contribution in [2.75, 3.05) is 6.54 Å². The Balaban J connectivity index is 1.77. The smallest absolute Gasteiger partial charge is 0.0456 e. The minimum Gasteiger partial charge on any atom is -0.309 e. The monoisotopic (exact) mass is 363 g/mol. The maximum atomic E-state index is 3.70. The fraction of sp³-hybridized carbons (Fsp3) is 0.444. The third kappa shape index (κ3) is 3.77. The first-order valence-corrected chi connectivity index (χ1v) is 9.51. The molecule has 0 bridgehead atoms. The molecule has 1 N–H and O–H groups in total. The van der Waals surface area contributed by atoms with Crippen LogP contribution in [0.5, 0.6) is 0 Å².